The monoisotopic (exact) mass is 604 g/mol. The summed E-state index contributed by atoms with van der Waals surface area (Å²) < 4.78 is 73.5. The second kappa shape index (κ2) is 12.5. The largest absolute Gasteiger partial charge is 0.490 e. The standard InChI is InChI=1S/C25H29F3N4O3.C2HF3O2/c1-14-12-31(13-22(33)32(14)18-6-8-25(27,28)9-7-18)24(35)19-10-17(4-5-20(19)26)11-21-15(2)16(3)23(34)30-29-21;3-2(4,5)1(6)7/h4-5,10,14,18H,6-9,11-13H2,1-3H3,(H,30,34);(H,6,7). The fourth-order valence-electron chi connectivity index (χ4n) is 5.04. The van der Waals surface area contributed by atoms with Crippen molar-refractivity contribution in [3.05, 3.63) is 62.3 Å². The Morgan fingerprint density at radius 1 is 1.12 bits per heavy atom. The Kier molecular flexibility index (Phi) is 9.73. The van der Waals surface area contributed by atoms with Crippen molar-refractivity contribution in [1.29, 1.82) is 0 Å². The van der Waals surface area contributed by atoms with Crippen molar-refractivity contribution in [2.75, 3.05) is 13.1 Å². The molecule has 2 fully saturated rings. The molecule has 2 aromatic rings. The van der Waals surface area contributed by atoms with Crippen molar-refractivity contribution in [3.63, 3.8) is 0 Å². The van der Waals surface area contributed by atoms with E-state index in [1.54, 1.807) is 31.7 Å². The van der Waals surface area contributed by atoms with Crippen LogP contribution in [0, 0.1) is 19.7 Å². The minimum atomic E-state index is -5.08. The van der Waals surface area contributed by atoms with Gasteiger partial charge in [-0.3, -0.25) is 14.4 Å². The Bertz CT molecular complexity index is 1400. The van der Waals surface area contributed by atoms with Crippen LogP contribution in [0.15, 0.2) is 23.0 Å². The molecule has 1 saturated heterocycles. The molecule has 1 unspecified atom stereocenters. The van der Waals surface area contributed by atoms with Crippen molar-refractivity contribution < 1.29 is 45.8 Å². The third kappa shape index (κ3) is 7.68. The summed E-state index contributed by atoms with van der Waals surface area (Å²) in [6.07, 6.45) is -4.84. The zero-order chi connectivity index (χ0) is 31.6. The van der Waals surface area contributed by atoms with Crippen LogP contribution in [0.25, 0.3) is 0 Å². The number of carbonyl (C=O) groups is 3. The second-order valence-corrected chi connectivity index (χ2v) is 10.5. The predicted molar refractivity (Wildman–Crippen MR) is 137 cm³/mol. The van der Waals surface area contributed by atoms with Crippen LogP contribution in [0.1, 0.15) is 65.3 Å². The number of halogens is 6. The van der Waals surface area contributed by atoms with E-state index in [9.17, 15) is 40.7 Å². The minimum absolute atomic E-state index is 0.146. The topological polar surface area (TPSA) is 124 Å². The molecule has 9 nitrogen and oxygen atoms in total. The molecule has 230 valence electrons. The van der Waals surface area contributed by atoms with Gasteiger partial charge in [0.1, 0.15) is 12.4 Å². The van der Waals surface area contributed by atoms with Crippen molar-refractivity contribution in [2.45, 2.75) is 77.1 Å². The third-order valence-corrected chi connectivity index (χ3v) is 7.44. The van der Waals surface area contributed by atoms with Gasteiger partial charge in [0.05, 0.1) is 11.3 Å². The van der Waals surface area contributed by atoms with Gasteiger partial charge in [-0.15, -0.1) is 0 Å². The minimum Gasteiger partial charge on any atom is -0.475 e. The van der Waals surface area contributed by atoms with Gasteiger partial charge in [0.25, 0.3) is 11.5 Å². The molecular formula is C27H30F6N4O5. The molecule has 2 heterocycles. The number of nitrogens with one attached hydrogen (secondary N) is 1. The molecule has 0 bridgehead atoms. The van der Waals surface area contributed by atoms with Crippen LogP contribution >= 0.6 is 0 Å². The molecule has 2 amide bonds. The first-order chi connectivity index (χ1) is 19.4. The van der Waals surface area contributed by atoms with Crippen molar-refractivity contribution in [3.8, 4) is 0 Å². The maximum atomic E-state index is 14.7. The van der Waals surface area contributed by atoms with Crippen molar-refractivity contribution >= 4 is 17.8 Å². The lowest BCUT2D eigenvalue weighted by atomic mass is 9.89. The number of amides is 2. The zero-order valence-electron chi connectivity index (χ0n) is 23.0. The van der Waals surface area contributed by atoms with E-state index in [0.717, 1.165) is 5.56 Å². The van der Waals surface area contributed by atoms with E-state index in [4.69, 9.17) is 9.90 Å². The second-order valence-electron chi connectivity index (χ2n) is 10.5. The number of hydrogen-bond donors (Lipinski definition) is 2. The molecule has 1 atom stereocenters. The molecule has 1 aromatic heterocycles. The molecule has 1 aliphatic heterocycles. The van der Waals surface area contributed by atoms with Gasteiger partial charge in [-0.2, -0.15) is 18.3 Å². The highest BCUT2D eigenvalue weighted by Gasteiger charge is 2.42. The van der Waals surface area contributed by atoms with Crippen LogP contribution in [0.3, 0.4) is 0 Å². The number of H-pyrrole nitrogens is 1. The predicted octanol–water partition coefficient (Wildman–Crippen LogP) is 4.00. The highest BCUT2D eigenvalue weighted by atomic mass is 19.4. The van der Waals surface area contributed by atoms with Gasteiger partial charge in [-0.1, -0.05) is 6.07 Å². The SMILES string of the molecule is Cc1c(Cc2ccc(F)c(C(=O)N3CC(=O)N(C4CCC(F)(F)CC4)C(C)C3)c2)n[nH]c(=O)c1C.O=C(O)C(F)(F)F. The van der Waals surface area contributed by atoms with Crippen molar-refractivity contribution in [1.82, 2.24) is 20.0 Å². The van der Waals surface area contributed by atoms with Gasteiger partial charge in [0, 0.05) is 43.5 Å². The lowest BCUT2D eigenvalue weighted by molar-refractivity contribution is -0.192. The normalized spacial score (nSPS) is 19.3. The van der Waals surface area contributed by atoms with E-state index < -0.39 is 29.8 Å². The molecule has 15 heteroatoms. The van der Waals surface area contributed by atoms with Crippen LogP contribution < -0.4 is 5.56 Å². The molecule has 0 spiro atoms. The number of hydrogen-bond acceptors (Lipinski definition) is 5. The molecule has 1 saturated carbocycles. The van der Waals surface area contributed by atoms with Crippen LogP contribution in [-0.4, -0.2) is 80.2 Å². The molecule has 2 aliphatic rings. The number of carboxylic acid groups (broad SMARTS) is 1. The molecule has 42 heavy (non-hydrogen) atoms. The summed E-state index contributed by atoms with van der Waals surface area (Å²) in [5, 5.41) is 13.6. The fraction of sp³-hybridized carbons (Fsp3) is 0.519. The number of rotatable bonds is 4. The van der Waals surface area contributed by atoms with Gasteiger partial charge in [0.2, 0.25) is 11.8 Å². The summed E-state index contributed by atoms with van der Waals surface area (Å²) in [5.41, 5.74) is 2.09. The Hall–Kier alpha value is -3.91. The number of benzene rings is 1. The summed E-state index contributed by atoms with van der Waals surface area (Å²) in [7, 11) is 0. The number of aromatic amines is 1. The zero-order valence-corrected chi connectivity index (χ0v) is 23.0. The van der Waals surface area contributed by atoms with Gasteiger partial charge in [-0.25, -0.2) is 23.1 Å². The number of aromatic nitrogens is 2. The Balaban J connectivity index is 0.000000616. The lowest BCUT2D eigenvalue weighted by Crippen LogP contribution is -2.60. The van der Waals surface area contributed by atoms with Gasteiger partial charge >= 0.3 is 12.1 Å². The van der Waals surface area contributed by atoms with Gasteiger partial charge in [-0.05, 0) is 56.9 Å². The molecule has 0 radical (unpaired) electrons. The van der Waals surface area contributed by atoms with E-state index in [2.05, 4.69) is 10.2 Å². The summed E-state index contributed by atoms with van der Waals surface area (Å²) in [5.74, 6) is -7.05. The van der Waals surface area contributed by atoms with Crippen LogP contribution in [-0.2, 0) is 16.0 Å². The number of alkyl halides is 5. The molecule has 1 aliphatic carbocycles. The Morgan fingerprint density at radius 3 is 2.26 bits per heavy atom. The van der Waals surface area contributed by atoms with E-state index in [0.29, 0.717) is 23.2 Å². The Labute approximate surface area is 236 Å². The average molecular weight is 605 g/mol. The highest BCUT2D eigenvalue weighted by Crippen LogP contribution is 2.36. The maximum absolute atomic E-state index is 14.7. The average Bonchev–Trinajstić information content (AvgIpc) is 2.90. The first-order valence-corrected chi connectivity index (χ1v) is 13.0. The lowest BCUT2D eigenvalue weighted by Gasteiger charge is -2.45. The summed E-state index contributed by atoms with van der Waals surface area (Å²) in [4.78, 5) is 49.7. The number of carbonyl (C=O) groups excluding carboxylic acids is 2. The molecule has 1 aromatic carbocycles. The van der Waals surface area contributed by atoms with Gasteiger partial charge in [0.15, 0.2) is 0 Å². The fourth-order valence-corrected chi connectivity index (χ4v) is 5.04. The van der Waals surface area contributed by atoms with E-state index in [1.165, 1.54) is 17.0 Å². The number of nitrogens with zero attached hydrogens (tertiary/aromatic N) is 3. The maximum Gasteiger partial charge on any atom is 0.490 e. The summed E-state index contributed by atoms with van der Waals surface area (Å²) in [6, 6.07) is 3.58. The molecule has 2 N–H and O–H groups in total. The van der Waals surface area contributed by atoms with Gasteiger partial charge < -0.3 is 14.9 Å². The summed E-state index contributed by atoms with van der Waals surface area (Å²) in [6.45, 7) is 5.22. The number of carboxylic acids is 1. The van der Waals surface area contributed by atoms with E-state index in [-0.39, 0.29) is 67.9 Å². The van der Waals surface area contributed by atoms with Crippen molar-refractivity contribution in [2.24, 2.45) is 0 Å². The quantitative estimate of drug-likeness (QED) is 0.509. The smallest absolute Gasteiger partial charge is 0.475 e. The Morgan fingerprint density at radius 2 is 1.71 bits per heavy atom. The highest BCUT2D eigenvalue weighted by molar-refractivity contribution is 5.97. The number of piperazine rings is 1. The first kappa shape index (κ1) is 32.6. The number of aliphatic carboxylic acids is 1. The molecule has 4 rings (SSSR count). The van der Waals surface area contributed by atoms with Crippen LogP contribution in [0.5, 0.6) is 0 Å². The third-order valence-electron chi connectivity index (χ3n) is 7.44. The van der Waals surface area contributed by atoms with Crippen LogP contribution in [0.2, 0.25) is 0 Å². The van der Waals surface area contributed by atoms with Crippen LogP contribution in [0.4, 0.5) is 26.3 Å². The summed E-state index contributed by atoms with van der Waals surface area (Å²) >= 11 is 0. The first-order valence-electron chi connectivity index (χ1n) is 13.0. The van der Waals surface area contributed by atoms with E-state index >= 15 is 0 Å². The van der Waals surface area contributed by atoms with E-state index in [1.807, 2.05) is 0 Å². The molecular weight excluding hydrogens is 574 g/mol.